The van der Waals surface area contributed by atoms with Gasteiger partial charge in [0.2, 0.25) is 11.8 Å². The first kappa shape index (κ1) is 31.9. The van der Waals surface area contributed by atoms with E-state index in [-0.39, 0.29) is 35.1 Å². The van der Waals surface area contributed by atoms with Crippen molar-refractivity contribution in [3.8, 4) is 0 Å². The number of aromatic nitrogens is 3. The number of hydrogen-bond acceptors (Lipinski definition) is 9. The number of halogens is 1. The fraction of sp³-hybridized carbons (Fsp3) is 0.500. The van der Waals surface area contributed by atoms with Gasteiger partial charge in [0.05, 0.1) is 16.9 Å². The van der Waals surface area contributed by atoms with Crippen LogP contribution in [0.3, 0.4) is 0 Å². The molecule has 1 saturated carbocycles. The molecule has 3 fully saturated rings. The number of benzene rings is 1. The van der Waals surface area contributed by atoms with E-state index in [9.17, 15) is 14.0 Å². The molecular weight excluding hydrogens is 617 g/mol. The Hall–Kier alpha value is -4.72. The van der Waals surface area contributed by atoms with Crippen LogP contribution in [-0.2, 0) is 10.8 Å². The predicted molar refractivity (Wildman–Crippen MR) is 178 cm³/mol. The summed E-state index contributed by atoms with van der Waals surface area (Å²) in [6.07, 6.45) is 3.86. The zero-order valence-electron chi connectivity index (χ0n) is 28.0. The molecule has 13 nitrogen and oxygen atoms in total. The second-order valence-corrected chi connectivity index (χ2v) is 14.8. The molecule has 1 aliphatic carbocycles. The van der Waals surface area contributed by atoms with E-state index in [0.29, 0.717) is 60.4 Å². The molecule has 4 aromatic rings. The molecule has 3 aromatic heterocycles. The molecule has 48 heavy (non-hydrogen) atoms. The number of hydrogen-bond donors (Lipinski definition) is 2. The third-order valence-corrected chi connectivity index (χ3v) is 9.30. The average molecular weight is 660 g/mol. The fourth-order valence-corrected chi connectivity index (χ4v) is 6.62. The highest BCUT2D eigenvalue weighted by Crippen LogP contribution is 2.37. The summed E-state index contributed by atoms with van der Waals surface area (Å²) >= 11 is 0. The van der Waals surface area contributed by atoms with Crippen LogP contribution < -0.4 is 15.6 Å². The molecule has 0 spiro atoms. The van der Waals surface area contributed by atoms with E-state index in [0.717, 1.165) is 31.5 Å². The van der Waals surface area contributed by atoms with Crippen molar-refractivity contribution in [1.29, 1.82) is 0 Å². The van der Waals surface area contributed by atoms with Crippen molar-refractivity contribution in [2.45, 2.75) is 77.2 Å². The summed E-state index contributed by atoms with van der Waals surface area (Å²) in [5.74, 6) is 0.796. The maximum atomic E-state index is 13.9. The third kappa shape index (κ3) is 6.53. The lowest BCUT2D eigenvalue weighted by atomic mass is 9.80. The van der Waals surface area contributed by atoms with Crippen molar-refractivity contribution in [1.82, 2.24) is 30.3 Å². The van der Waals surface area contributed by atoms with Gasteiger partial charge in [-0.05, 0) is 61.9 Å². The number of pyridine rings is 1. The van der Waals surface area contributed by atoms with Gasteiger partial charge >= 0.3 is 12.1 Å². The van der Waals surface area contributed by atoms with Gasteiger partial charge < -0.3 is 9.05 Å². The van der Waals surface area contributed by atoms with Crippen molar-refractivity contribution >= 4 is 40.6 Å². The Kier molecular flexibility index (Phi) is 8.01. The summed E-state index contributed by atoms with van der Waals surface area (Å²) in [4.78, 5) is 31.6. The molecule has 4 amide bonds. The maximum absolute atomic E-state index is 13.9. The lowest BCUT2D eigenvalue weighted by Gasteiger charge is -2.28. The Morgan fingerprint density at radius 2 is 1.56 bits per heavy atom. The number of urea groups is 2. The van der Waals surface area contributed by atoms with Gasteiger partial charge in [-0.25, -0.2) is 29.0 Å². The number of hydrazine groups is 2. The minimum absolute atomic E-state index is 0.0165. The molecule has 14 heteroatoms. The molecule has 2 aliphatic heterocycles. The Bertz CT molecular complexity index is 1830. The SMILES string of the molecule is CC(C)(C)c1cc(NC(=O)N2CC(CC(C)(C)c3cc(NC(=O)N4CCCN4C4CC4)on3)CN2c2ccc3cc(F)ccc3n2)on1. The van der Waals surface area contributed by atoms with E-state index in [4.69, 9.17) is 14.0 Å². The van der Waals surface area contributed by atoms with Crippen LogP contribution >= 0.6 is 0 Å². The molecule has 1 atom stereocenters. The summed E-state index contributed by atoms with van der Waals surface area (Å²) < 4.78 is 24.9. The number of fused-ring (bicyclic) bond motifs is 1. The van der Waals surface area contributed by atoms with Gasteiger partial charge in [-0.2, -0.15) is 0 Å². The first-order valence-electron chi connectivity index (χ1n) is 16.6. The van der Waals surface area contributed by atoms with Crippen LogP contribution in [0.2, 0.25) is 0 Å². The van der Waals surface area contributed by atoms with Crippen molar-refractivity contribution in [2.24, 2.45) is 5.92 Å². The zero-order chi connectivity index (χ0) is 33.8. The molecule has 0 radical (unpaired) electrons. The van der Waals surface area contributed by atoms with Crippen molar-refractivity contribution in [3.63, 3.8) is 0 Å². The standard InChI is InChI=1S/C34H42FN9O4/c1-33(2,3)26-16-29(47-39-26)38-32(46)44-20-21(19-43(44)28-12-7-22-15-23(35)8-11-25(22)36-28)18-34(4,5)27-17-30(48-40-27)37-31(45)42-14-6-13-41(42)24-9-10-24/h7-8,11-12,15-17,21,24H,6,9-10,13-14,18-20H2,1-5H3,(H,37,45)(H,38,46). The van der Waals surface area contributed by atoms with E-state index in [2.05, 4.69) is 39.8 Å². The first-order valence-corrected chi connectivity index (χ1v) is 16.6. The number of amides is 4. The number of rotatable bonds is 7. The van der Waals surface area contributed by atoms with Gasteiger partial charge in [-0.3, -0.25) is 20.7 Å². The summed E-state index contributed by atoms with van der Waals surface area (Å²) in [6.45, 7) is 12.7. The molecule has 1 aromatic carbocycles. The number of carbonyl (C=O) groups excluding carboxylic acids is 2. The number of anilines is 3. The second-order valence-electron chi connectivity index (χ2n) is 14.8. The molecular formula is C34H42FN9O4. The van der Waals surface area contributed by atoms with Crippen molar-refractivity contribution in [3.05, 3.63) is 59.7 Å². The highest BCUT2D eigenvalue weighted by Gasteiger charge is 2.41. The fourth-order valence-electron chi connectivity index (χ4n) is 6.62. The minimum atomic E-state index is -0.454. The summed E-state index contributed by atoms with van der Waals surface area (Å²) in [5.41, 5.74) is 1.35. The Balaban J connectivity index is 1.08. The largest absolute Gasteiger partial charge is 0.343 e. The van der Waals surface area contributed by atoms with E-state index >= 15 is 0 Å². The molecule has 7 rings (SSSR count). The third-order valence-electron chi connectivity index (χ3n) is 9.30. The Morgan fingerprint density at radius 3 is 2.25 bits per heavy atom. The van der Waals surface area contributed by atoms with Crippen molar-refractivity contribution in [2.75, 3.05) is 41.8 Å². The molecule has 0 bridgehead atoms. The topological polar surface area (TPSA) is 136 Å². The monoisotopic (exact) mass is 659 g/mol. The number of nitrogens with one attached hydrogen (secondary N) is 2. The number of carbonyl (C=O) groups is 2. The average Bonchev–Trinajstić information content (AvgIpc) is 3.46. The molecule has 2 saturated heterocycles. The zero-order valence-corrected chi connectivity index (χ0v) is 28.0. The van der Waals surface area contributed by atoms with Crippen LogP contribution in [0.25, 0.3) is 10.9 Å². The predicted octanol–water partition coefficient (Wildman–Crippen LogP) is 6.52. The smallest absolute Gasteiger partial charge is 0.338 e. The van der Waals surface area contributed by atoms with Gasteiger partial charge in [0, 0.05) is 60.6 Å². The summed E-state index contributed by atoms with van der Waals surface area (Å²) in [7, 11) is 0. The molecule has 5 heterocycles. The van der Waals surface area contributed by atoms with Gasteiger partial charge in [0.1, 0.15) is 11.6 Å². The van der Waals surface area contributed by atoms with E-state index < -0.39 is 5.41 Å². The highest BCUT2D eigenvalue weighted by molar-refractivity contribution is 5.90. The van der Waals surface area contributed by atoms with E-state index in [1.54, 1.807) is 40.3 Å². The van der Waals surface area contributed by atoms with Crippen LogP contribution in [0.1, 0.15) is 71.7 Å². The normalized spacial score (nSPS) is 19.0. The van der Waals surface area contributed by atoms with Gasteiger partial charge in [0.15, 0.2) is 0 Å². The van der Waals surface area contributed by atoms with E-state index in [1.165, 1.54) is 12.1 Å². The molecule has 1 unspecified atom stereocenters. The summed E-state index contributed by atoms with van der Waals surface area (Å²) in [6, 6.07) is 11.4. The van der Waals surface area contributed by atoms with Gasteiger partial charge in [-0.15, -0.1) is 0 Å². The highest BCUT2D eigenvalue weighted by atomic mass is 19.1. The van der Waals surface area contributed by atoms with Crippen LogP contribution in [0, 0.1) is 11.7 Å². The van der Waals surface area contributed by atoms with Crippen LogP contribution in [0.5, 0.6) is 0 Å². The molecule has 3 aliphatic rings. The maximum Gasteiger partial charge on any atom is 0.343 e. The first-order chi connectivity index (χ1) is 22.8. The second kappa shape index (κ2) is 12.1. The molecule has 254 valence electrons. The van der Waals surface area contributed by atoms with Gasteiger partial charge in [0.25, 0.3) is 0 Å². The van der Waals surface area contributed by atoms with Crippen LogP contribution in [-0.4, -0.2) is 74.6 Å². The lowest BCUT2D eigenvalue weighted by molar-refractivity contribution is 0.0616. The molecule has 2 N–H and O–H groups in total. The van der Waals surface area contributed by atoms with Crippen LogP contribution in [0.4, 0.5) is 31.6 Å². The van der Waals surface area contributed by atoms with Gasteiger partial charge in [-0.1, -0.05) is 44.9 Å². The van der Waals surface area contributed by atoms with E-state index in [1.807, 2.05) is 25.8 Å². The lowest BCUT2D eigenvalue weighted by Crippen LogP contribution is -2.44. The minimum Gasteiger partial charge on any atom is -0.338 e. The quantitative estimate of drug-likeness (QED) is 0.227. The van der Waals surface area contributed by atoms with Crippen molar-refractivity contribution < 1.29 is 23.0 Å². The number of nitrogens with zero attached hydrogens (tertiary/aromatic N) is 7. The van der Waals surface area contributed by atoms with Crippen LogP contribution in [0.15, 0.2) is 51.5 Å². The Labute approximate surface area is 278 Å². The summed E-state index contributed by atoms with van der Waals surface area (Å²) in [5, 5.41) is 22.3. The Morgan fingerprint density at radius 1 is 0.875 bits per heavy atom.